The van der Waals surface area contributed by atoms with Crippen LogP contribution in [-0.2, 0) is 9.59 Å². The molecule has 37 heavy (non-hydrogen) atoms. The number of methoxy groups -OCH3 is 1. The maximum absolute atomic E-state index is 13.9. The Morgan fingerprint density at radius 2 is 1.49 bits per heavy atom. The summed E-state index contributed by atoms with van der Waals surface area (Å²) in [6, 6.07) is 19.2. The number of imide groups is 1. The lowest BCUT2D eigenvalue weighted by Gasteiger charge is -2.33. The number of amides is 2. The molecular weight excluding hydrogens is 470 g/mol. The minimum atomic E-state index is -0.953. The van der Waals surface area contributed by atoms with Crippen LogP contribution in [0.4, 0.5) is 5.69 Å². The Hall–Kier alpha value is -4.59. The third-order valence-corrected chi connectivity index (χ3v) is 7.47. The average molecular weight is 494 g/mol. The summed E-state index contributed by atoms with van der Waals surface area (Å²) in [5, 5.41) is 6.21. The fourth-order valence-corrected chi connectivity index (χ4v) is 5.69. The molecule has 0 N–H and O–H groups in total. The van der Waals surface area contributed by atoms with Gasteiger partial charge < -0.3 is 4.74 Å². The molecule has 6 rings (SSSR count). The normalized spacial score (nSPS) is 23.5. The molecule has 3 aromatic rings. The van der Waals surface area contributed by atoms with Gasteiger partial charge in [-0.1, -0.05) is 24.3 Å². The summed E-state index contributed by atoms with van der Waals surface area (Å²) in [6.45, 7) is 1.45. The summed E-state index contributed by atoms with van der Waals surface area (Å²) in [4.78, 5) is 54.6. The van der Waals surface area contributed by atoms with Crippen molar-refractivity contribution in [3.63, 3.8) is 0 Å². The molecule has 2 amide bonds. The molecular formula is C29H23N3O5. The molecule has 0 saturated carbocycles. The van der Waals surface area contributed by atoms with Gasteiger partial charge in [-0.3, -0.25) is 24.2 Å². The first-order valence-electron chi connectivity index (χ1n) is 12.0. The van der Waals surface area contributed by atoms with E-state index in [2.05, 4.69) is 5.10 Å². The molecule has 3 aliphatic rings. The molecule has 3 aromatic carbocycles. The van der Waals surface area contributed by atoms with Crippen LogP contribution in [-0.4, -0.2) is 47.8 Å². The van der Waals surface area contributed by atoms with Crippen LogP contribution < -0.4 is 9.64 Å². The van der Waals surface area contributed by atoms with Gasteiger partial charge in [0.1, 0.15) is 11.8 Å². The highest BCUT2D eigenvalue weighted by atomic mass is 16.5. The van der Waals surface area contributed by atoms with E-state index in [1.54, 1.807) is 66.9 Å². The summed E-state index contributed by atoms with van der Waals surface area (Å²) >= 11 is 0. The van der Waals surface area contributed by atoms with Crippen LogP contribution in [0.25, 0.3) is 0 Å². The van der Waals surface area contributed by atoms with E-state index in [1.807, 2.05) is 24.3 Å². The highest BCUT2D eigenvalue weighted by Gasteiger charge is 2.65. The van der Waals surface area contributed by atoms with Gasteiger partial charge in [0.2, 0.25) is 11.8 Å². The zero-order valence-electron chi connectivity index (χ0n) is 20.2. The number of carbonyl (C=O) groups excluding carboxylic acids is 4. The van der Waals surface area contributed by atoms with E-state index >= 15 is 0 Å². The number of Topliss-reactive ketones (excluding diaryl/α,β-unsaturated/α-hetero) is 2. The molecule has 2 saturated heterocycles. The number of fused-ring (bicyclic) bond motifs is 5. The molecule has 0 spiro atoms. The van der Waals surface area contributed by atoms with Crippen LogP contribution in [0.1, 0.15) is 44.8 Å². The number of benzene rings is 3. The largest absolute Gasteiger partial charge is 0.497 e. The molecule has 8 heteroatoms. The number of nitrogens with zero attached hydrogens (tertiary/aromatic N) is 3. The SMILES string of the molecule is COc1ccc(C(=O)[C@@H]2[C@@H]3C(=O)N(c4ccc(C(C)=O)cc4)C(=O)[C@H]3[C@@H]3c4ccccc4C=NN23)cc1. The maximum atomic E-state index is 13.9. The Bertz CT molecular complexity index is 1480. The second-order valence-electron chi connectivity index (χ2n) is 9.40. The molecule has 0 aromatic heterocycles. The standard InChI is InChI=1S/C29H23N3O5/c1-16(33)17-7-11-20(12-8-17)31-28(35)23-24(29(31)36)26(27(34)18-9-13-21(37-2)14-10-18)32-25(23)22-6-4-3-5-19(22)15-30-32/h3-15,23-26H,1-2H3/t23-,24-,25+,26+/m1/s1. The average Bonchev–Trinajstić information content (AvgIpc) is 3.40. The number of hydrogen-bond acceptors (Lipinski definition) is 7. The smallest absolute Gasteiger partial charge is 0.240 e. The van der Waals surface area contributed by atoms with Gasteiger partial charge in [-0.25, -0.2) is 4.90 Å². The molecule has 8 nitrogen and oxygen atoms in total. The Morgan fingerprint density at radius 1 is 0.838 bits per heavy atom. The lowest BCUT2D eigenvalue weighted by atomic mass is 9.83. The minimum Gasteiger partial charge on any atom is -0.497 e. The fraction of sp³-hybridized carbons (Fsp3) is 0.207. The second-order valence-corrected chi connectivity index (χ2v) is 9.40. The number of hydrazone groups is 1. The van der Waals surface area contributed by atoms with Crippen molar-refractivity contribution in [2.45, 2.75) is 19.0 Å². The van der Waals surface area contributed by atoms with Gasteiger partial charge in [-0.05, 0) is 66.6 Å². The molecule has 0 bridgehead atoms. The molecule has 3 heterocycles. The predicted molar refractivity (Wildman–Crippen MR) is 136 cm³/mol. The number of ether oxygens (including phenoxy) is 1. The topological polar surface area (TPSA) is 96.3 Å². The van der Waals surface area contributed by atoms with Crippen molar-refractivity contribution < 1.29 is 23.9 Å². The van der Waals surface area contributed by atoms with Crippen LogP contribution >= 0.6 is 0 Å². The number of ketones is 2. The lowest BCUT2D eigenvalue weighted by molar-refractivity contribution is -0.124. The zero-order chi connectivity index (χ0) is 25.8. The monoisotopic (exact) mass is 493 g/mol. The van der Waals surface area contributed by atoms with Gasteiger partial charge in [0.05, 0.1) is 36.9 Å². The van der Waals surface area contributed by atoms with Gasteiger partial charge in [0.25, 0.3) is 0 Å². The van der Waals surface area contributed by atoms with Crippen LogP contribution in [0.3, 0.4) is 0 Å². The van der Waals surface area contributed by atoms with Gasteiger partial charge >= 0.3 is 0 Å². The fourth-order valence-electron chi connectivity index (χ4n) is 5.69. The van der Waals surface area contributed by atoms with E-state index in [4.69, 9.17) is 4.74 Å². The summed E-state index contributed by atoms with van der Waals surface area (Å²) in [5.74, 6) is -2.31. The molecule has 4 atom stereocenters. The molecule has 184 valence electrons. The number of rotatable bonds is 5. The molecule has 0 radical (unpaired) electrons. The summed E-state index contributed by atoms with van der Waals surface area (Å²) in [6.07, 6.45) is 1.67. The van der Waals surface area contributed by atoms with E-state index in [0.717, 1.165) is 16.0 Å². The van der Waals surface area contributed by atoms with Crippen molar-refractivity contribution in [2.24, 2.45) is 16.9 Å². The Morgan fingerprint density at radius 3 is 2.16 bits per heavy atom. The molecule has 0 unspecified atom stereocenters. The molecule has 0 aliphatic carbocycles. The summed E-state index contributed by atoms with van der Waals surface area (Å²) < 4.78 is 5.21. The summed E-state index contributed by atoms with van der Waals surface area (Å²) in [7, 11) is 1.54. The Labute approximate surface area is 213 Å². The van der Waals surface area contributed by atoms with Crippen molar-refractivity contribution in [3.05, 3.63) is 95.1 Å². The third-order valence-electron chi connectivity index (χ3n) is 7.47. The molecule has 3 aliphatic heterocycles. The highest BCUT2D eigenvalue weighted by Crippen LogP contribution is 2.53. The number of anilines is 1. The van der Waals surface area contributed by atoms with Crippen molar-refractivity contribution in [1.82, 2.24) is 5.01 Å². The van der Waals surface area contributed by atoms with Crippen LogP contribution in [0, 0.1) is 11.8 Å². The zero-order valence-corrected chi connectivity index (χ0v) is 20.2. The maximum Gasteiger partial charge on any atom is 0.240 e. The predicted octanol–water partition coefficient (Wildman–Crippen LogP) is 3.66. The number of hydrogen-bond donors (Lipinski definition) is 0. The lowest BCUT2D eigenvalue weighted by Crippen LogP contribution is -2.44. The van der Waals surface area contributed by atoms with E-state index in [9.17, 15) is 19.2 Å². The Balaban J connectivity index is 1.45. The van der Waals surface area contributed by atoms with E-state index in [-0.39, 0.29) is 17.5 Å². The van der Waals surface area contributed by atoms with Crippen LogP contribution in [0.2, 0.25) is 0 Å². The first-order valence-corrected chi connectivity index (χ1v) is 12.0. The van der Waals surface area contributed by atoms with Gasteiger partial charge in [-0.15, -0.1) is 0 Å². The highest BCUT2D eigenvalue weighted by molar-refractivity contribution is 6.24. The number of carbonyl (C=O) groups is 4. The first kappa shape index (κ1) is 22.8. The Kier molecular flexibility index (Phi) is 5.26. The van der Waals surface area contributed by atoms with E-state index < -0.39 is 29.8 Å². The van der Waals surface area contributed by atoms with Crippen molar-refractivity contribution in [1.29, 1.82) is 0 Å². The van der Waals surface area contributed by atoms with Gasteiger partial charge in [0, 0.05) is 11.1 Å². The van der Waals surface area contributed by atoms with Crippen molar-refractivity contribution in [3.8, 4) is 5.75 Å². The van der Waals surface area contributed by atoms with Gasteiger partial charge in [0.15, 0.2) is 11.6 Å². The second kappa shape index (κ2) is 8.51. The van der Waals surface area contributed by atoms with Crippen molar-refractivity contribution in [2.75, 3.05) is 12.0 Å². The van der Waals surface area contributed by atoms with Crippen LogP contribution in [0.5, 0.6) is 5.75 Å². The van der Waals surface area contributed by atoms with Crippen molar-refractivity contribution >= 4 is 35.3 Å². The van der Waals surface area contributed by atoms with Gasteiger partial charge in [-0.2, -0.15) is 5.10 Å². The first-order chi connectivity index (χ1) is 17.9. The van der Waals surface area contributed by atoms with E-state index in [1.165, 1.54) is 6.92 Å². The summed E-state index contributed by atoms with van der Waals surface area (Å²) in [5.41, 5.74) is 2.97. The molecule has 2 fully saturated rings. The quantitative estimate of drug-likeness (QED) is 0.398. The minimum absolute atomic E-state index is 0.111. The third kappa shape index (κ3) is 3.40. The van der Waals surface area contributed by atoms with Crippen LogP contribution in [0.15, 0.2) is 77.9 Å². The van der Waals surface area contributed by atoms with E-state index in [0.29, 0.717) is 22.6 Å².